The fourth-order valence-electron chi connectivity index (χ4n) is 1.66. The molecular weight excluding hydrogens is 232 g/mol. The van der Waals surface area contributed by atoms with Crippen LogP contribution in [0, 0.1) is 5.92 Å². The number of rotatable bonds is 6. The minimum atomic E-state index is -0.908. The average molecular weight is 258 g/mol. The van der Waals surface area contributed by atoms with Crippen molar-refractivity contribution in [3.05, 3.63) is 0 Å². The molecule has 0 fully saturated rings. The van der Waals surface area contributed by atoms with Crippen LogP contribution < -0.4 is 5.73 Å². The first-order valence-corrected chi connectivity index (χ1v) is 6.40. The number of carbonyl (C=O) groups excluding carboxylic acids is 1. The standard InChI is InChI=1S/C13H26N2O3/c1-6-9(2)11(14)12(18)15(13(3,4)5)8-7-10(16)17/h9,11H,6-8,14H2,1-5H3,(H,16,17)/t9?,11-/m0/s1. The molecule has 2 atom stereocenters. The van der Waals surface area contributed by atoms with Gasteiger partial charge in [0.2, 0.25) is 5.91 Å². The van der Waals surface area contributed by atoms with Gasteiger partial charge in [-0.15, -0.1) is 0 Å². The van der Waals surface area contributed by atoms with Crippen molar-refractivity contribution in [2.24, 2.45) is 11.7 Å². The molecule has 5 heteroatoms. The van der Waals surface area contributed by atoms with E-state index in [2.05, 4.69) is 0 Å². The van der Waals surface area contributed by atoms with Crippen molar-refractivity contribution < 1.29 is 14.7 Å². The van der Waals surface area contributed by atoms with Crippen LogP contribution in [0.5, 0.6) is 0 Å². The van der Waals surface area contributed by atoms with Crippen molar-refractivity contribution in [1.82, 2.24) is 4.90 Å². The second-order valence-electron chi connectivity index (χ2n) is 5.72. The van der Waals surface area contributed by atoms with E-state index in [1.54, 1.807) is 4.90 Å². The minimum absolute atomic E-state index is 0.0593. The maximum Gasteiger partial charge on any atom is 0.305 e. The Hall–Kier alpha value is -1.10. The van der Waals surface area contributed by atoms with Crippen LogP contribution in [0.1, 0.15) is 47.5 Å². The van der Waals surface area contributed by atoms with Gasteiger partial charge in [0.25, 0.3) is 0 Å². The third-order valence-corrected chi connectivity index (χ3v) is 3.17. The Kier molecular flexibility index (Phi) is 6.32. The van der Waals surface area contributed by atoms with Crippen LogP contribution in [0.4, 0.5) is 0 Å². The molecule has 0 spiro atoms. The molecule has 0 aromatic carbocycles. The van der Waals surface area contributed by atoms with Gasteiger partial charge in [-0.1, -0.05) is 20.3 Å². The van der Waals surface area contributed by atoms with Crippen LogP contribution in [0.2, 0.25) is 0 Å². The monoisotopic (exact) mass is 258 g/mol. The first kappa shape index (κ1) is 16.9. The Morgan fingerprint density at radius 2 is 1.83 bits per heavy atom. The van der Waals surface area contributed by atoms with Crippen LogP contribution in [-0.4, -0.2) is 40.0 Å². The van der Waals surface area contributed by atoms with Crippen molar-refractivity contribution in [2.45, 2.75) is 59.0 Å². The molecule has 1 unspecified atom stereocenters. The fraction of sp³-hybridized carbons (Fsp3) is 0.846. The molecule has 0 aliphatic heterocycles. The van der Waals surface area contributed by atoms with E-state index in [9.17, 15) is 9.59 Å². The van der Waals surface area contributed by atoms with E-state index < -0.39 is 17.6 Å². The summed E-state index contributed by atoms with van der Waals surface area (Å²) in [6, 6.07) is -0.567. The highest BCUT2D eigenvalue weighted by molar-refractivity contribution is 5.83. The molecule has 0 bridgehead atoms. The average Bonchev–Trinajstić information content (AvgIpc) is 2.24. The normalized spacial score (nSPS) is 15.0. The van der Waals surface area contributed by atoms with E-state index in [-0.39, 0.29) is 24.8 Å². The molecule has 0 aromatic rings. The van der Waals surface area contributed by atoms with E-state index in [0.717, 1.165) is 6.42 Å². The Bertz CT molecular complexity index is 297. The van der Waals surface area contributed by atoms with Gasteiger partial charge >= 0.3 is 5.97 Å². The summed E-state index contributed by atoms with van der Waals surface area (Å²) in [5.41, 5.74) is 5.52. The summed E-state index contributed by atoms with van der Waals surface area (Å²) in [6.07, 6.45) is 0.764. The molecule has 0 saturated carbocycles. The van der Waals surface area contributed by atoms with Crippen molar-refractivity contribution in [3.63, 3.8) is 0 Å². The van der Waals surface area contributed by atoms with Crippen molar-refractivity contribution in [1.29, 1.82) is 0 Å². The van der Waals surface area contributed by atoms with Crippen LogP contribution in [0.25, 0.3) is 0 Å². The van der Waals surface area contributed by atoms with Crippen molar-refractivity contribution >= 4 is 11.9 Å². The molecule has 0 aromatic heterocycles. The molecule has 0 rings (SSSR count). The second kappa shape index (κ2) is 6.73. The number of amides is 1. The van der Waals surface area contributed by atoms with Gasteiger partial charge in [0.15, 0.2) is 0 Å². The summed E-state index contributed by atoms with van der Waals surface area (Å²) in [6.45, 7) is 9.77. The summed E-state index contributed by atoms with van der Waals surface area (Å²) >= 11 is 0. The van der Waals surface area contributed by atoms with Gasteiger partial charge in [-0.3, -0.25) is 9.59 Å². The highest BCUT2D eigenvalue weighted by Gasteiger charge is 2.32. The number of carboxylic acids is 1. The summed E-state index contributed by atoms with van der Waals surface area (Å²) in [5.74, 6) is -0.987. The summed E-state index contributed by atoms with van der Waals surface area (Å²) in [7, 11) is 0. The van der Waals surface area contributed by atoms with Crippen molar-refractivity contribution in [2.75, 3.05) is 6.54 Å². The lowest BCUT2D eigenvalue weighted by atomic mass is 9.96. The molecule has 3 N–H and O–H groups in total. The zero-order valence-electron chi connectivity index (χ0n) is 12.1. The summed E-state index contributed by atoms with van der Waals surface area (Å²) in [5, 5.41) is 8.73. The smallest absolute Gasteiger partial charge is 0.305 e. The largest absolute Gasteiger partial charge is 0.481 e. The van der Waals surface area contributed by atoms with Gasteiger partial charge in [-0.25, -0.2) is 0 Å². The first-order chi connectivity index (χ1) is 8.11. The van der Waals surface area contributed by atoms with Gasteiger partial charge in [-0.2, -0.15) is 0 Å². The lowest BCUT2D eigenvalue weighted by Gasteiger charge is -2.38. The molecule has 0 heterocycles. The fourth-order valence-corrected chi connectivity index (χ4v) is 1.66. The third-order valence-electron chi connectivity index (χ3n) is 3.17. The van der Waals surface area contributed by atoms with Crippen molar-refractivity contribution in [3.8, 4) is 0 Å². The number of carbonyl (C=O) groups is 2. The Morgan fingerprint density at radius 1 is 1.33 bits per heavy atom. The molecule has 106 valence electrons. The van der Waals surface area contributed by atoms with E-state index in [1.807, 2.05) is 34.6 Å². The third kappa shape index (κ3) is 5.04. The number of hydrogen-bond acceptors (Lipinski definition) is 3. The quantitative estimate of drug-likeness (QED) is 0.755. The topological polar surface area (TPSA) is 83.6 Å². The zero-order chi connectivity index (χ0) is 14.5. The Morgan fingerprint density at radius 3 is 2.17 bits per heavy atom. The van der Waals surface area contributed by atoms with E-state index in [4.69, 9.17) is 10.8 Å². The summed E-state index contributed by atoms with van der Waals surface area (Å²) in [4.78, 5) is 24.5. The molecule has 0 aliphatic carbocycles. The predicted molar refractivity (Wildman–Crippen MR) is 71.1 cm³/mol. The lowest BCUT2D eigenvalue weighted by molar-refractivity contribution is -0.142. The maximum absolute atomic E-state index is 12.3. The van der Waals surface area contributed by atoms with E-state index in [1.165, 1.54) is 0 Å². The van der Waals surface area contributed by atoms with Gasteiger partial charge in [0.1, 0.15) is 0 Å². The molecule has 0 saturated heterocycles. The maximum atomic E-state index is 12.3. The van der Waals surface area contributed by atoms with Gasteiger partial charge in [-0.05, 0) is 26.7 Å². The molecule has 5 nitrogen and oxygen atoms in total. The summed E-state index contributed by atoms with van der Waals surface area (Å²) < 4.78 is 0. The number of aliphatic carboxylic acids is 1. The molecule has 18 heavy (non-hydrogen) atoms. The number of carboxylic acid groups (broad SMARTS) is 1. The lowest BCUT2D eigenvalue weighted by Crippen LogP contribution is -2.54. The number of nitrogens with zero attached hydrogens (tertiary/aromatic N) is 1. The minimum Gasteiger partial charge on any atom is -0.481 e. The van der Waals surface area contributed by atoms with Crippen LogP contribution in [0.3, 0.4) is 0 Å². The first-order valence-electron chi connectivity index (χ1n) is 6.40. The van der Waals surface area contributed by atoms with Crippen LogP contribution in [0.15, 0.2) is 0 Å². The number of nitrogens with two attached hydrogens (primary N) is 1. The van der Waals surface area contributed by atoms with Gasteiger partial charge in [0.05, 0.1) is 12.5 Å². The highest BCUT2D eigenvalue weighted by atomic mass is 16.4. The van der Waals surface area contributed by atoms with Gasteiger partial charge < -0.3 is 15.7 Å². The number of hydrogen-bond donors (Lipinski definition) is 2. The SMILES string of the molecule is CCC(C)[C@H](N)C(=O)N(CCC(=O)O)C(C)(C)C. The van der Waals surface area contributed by atoms with E-state index in [0.29, 0.717) is 0 Å². The highest BCUT2D eigenvalue weighted by Crippen LogP contribution is 2.18. The second-order valence-corrected chi connectivity index (χ2v) is 5.72. The van der Waals surface area contributed by atoms with E-state index >= 15 is 0 Å². The predicted octanol–water partition coefficient (Wildman–Crippen LogP) is 1.46. The Labute approximate surface area is 109 Å². The molecular formula is C13H26N2O3. The van der Waals surface area contributed by atoms with Gasteiger partial charge in [0, 0.05) is 12.1 Å². The zero-order valence-corrected chi connectivity index (χ0v) is 12.1. The Balaban J connectivity index is 4.86. The molecule has 0 aliphatic rings. The van der Waals surface area contributed by atoms with Crippen LogP contribution >= 0.6 is 0 Å². The van der Waals surface area contributed by atoms with Crippen LogP contribution in [-0.2, 0) is 9.59 Å². The molecule has 0 radical (unpaired) electrons. The molecule has 1 amide bonds.